The van der Waals surface area contributed by atoms with Gasteiger partial charge in [0.25, 0.3) is 5.91 Å². The number of rotatable bonds is 9. The summed E-state index contributed by atoms with van der Waals surface area (Å²) in [4.78, 5) is 25.6. The van der Waals surface area contributed by atoms with Crippen LogP contribution in [-0.4, -0.2) is 31.2 Å². The van der Waals surface area contributed by atoms with Crippen LogP contribution in [-0.2, 0) is 20.7 Å². The lowest BCUT2D eigenvalue weighted by Crippen LogP contribution is -2.26. The summed E-state index contributed by atoms with van der Waals surface area (Å²) in [6, 6.07) is 18.5. The van der Waals surface area contributed by atoms with Crippen LogP contribution in [0.2, 0.25) is 5.02 Å². The first-order valence-electron chi connectivity index (χ1n) is 10.2. The molecule has 0 saturated heterocycles. The van der Waals surface area contributed by atoms with Crippen LogP contribution < -0.4 is 14.8 Å². The lowest BCUT2D eigenvalue weighted by atomic mass is 10.1. The molecule has 33 heavy (non-hydrogen) atoms. The number of aryl methyl sites for hydroxylation is 1. The Bertz CT molecular complexity index is 1120. The van der Waals surface area contributed by atoms with Crippen molar-refractivity contribution in [1.29, 1.82) is 0 Å². The molecule has 3 rings (SSSR count). The zero-order valence-corrected chi connectivity index (χ0v) is 19.0. The number of amides is 1. The van der Waals surface area contributed by atoms with Crippen LogP contribution in [0.25, 0.3) is 0 Å². The summed E-state index contributed by atoms with van der Waals surface area (Å²) in [5.41, 5.74) is 1.71. The van der Waals surface area contributed by atoms with Gasteiger partial charge >= 0.3 is 5.97 Å². The Morgan fingerprint density at radius 1 is 0.970 bits per heavy atom. The van der Waals surface area contributed by atoms with Gasteiger partial charge in [0.2, 0.25) is 6.10 Å². The van der Waals surface area contributed by atoms with Gasteiger partial charge < -0.3 is 24.6 Å². The van der Waals surface area contributed by atoms with Gasteiger partial charge in [0.05, 0.1) is 19.2 Å². The zero-order valence-electron chi connectivity index (χ0n) is 18.2. The molecule has 0 aliphatic carbocycles. The Morgan fingerprint density at radius 2 is 1.67 bits per heavy atom. The predicted molar refractivity (Wildman–Crippen MR) is 125 cm³/mol. The average molecular weight is 470 g/mol. The van der Waals surface area contributed by atoms with Crippen molar-refractivity contribution in [2.24, 2.45) is 0 Å². The van der Waals surface area contributed by atoms with E-state index < -0.39 is 18.0 Å². The maximum atomic E-state index is 13.0. The van der Waals surface area contributed by atoms with Crippen LogP contribution in [0.5, 0.6) is 17.2 Å². The van der Waals surface area contributed by atoms with E-state index in [1.165, 1.54) is 20.3 Å². The molecule has 0 saturated carbocycles. The number of halogens is 1. The van der Waals surface area contributed by atoms with Gasteiger partial charge in [0.15, 0.2) is 11.5 Å². The molecule has 0 fully saturated rings. The van der Waals surface area contributed by atoms with E-state index in [4.69, 9.17) is 25.8 Å². The van der Waals surface area contributed by atoms with Crippen molar-refractivity contribution in [2.75, 3.05) is 19.5 Å². The molecule has 0 aliphatic heterocycles. The molecule has 8 heteroatoms. The highest BCUT2D eigenvalue weighted by Gasteiger charge is 2.25. The Morgan fingerprint density at radius 3 is 2.30 bits per heavy atom. The number of nitrogens with one attached hydrogen (secondary N) is 1. The van der Waals surface area contributed by atoms with Gasteiger partial charge in [-0.15, -0.1) is 0 Å². The molecule has 0 aromatic heterocycles. The molecule has 1 amide bonds. The summed E-state index contributed by atoms with van der Waals surface area (Å²) in [6.45, 7) is 0. The van der Waals surface area contributed by atoms with Crippen LogP contribution in [0.4, 0.5) is 5.69 Å². The fourth-order valence-corrected chi connectivity index (χ4v) is 3.44. The number of hydrogen-bond acceptors (Lipinski definition) is 6. The first-order valence-corrected chi connectivity index (χ1v) is 10.5. The number of anilines is 1. The summed E-state index contributed by atoms with van der Waals surface area (Å²) in [5, 5.41) is 13.0. The lowest BCUT2D eigenvalue weighted by Gasteiger charge is -2.18. The minimum Gasteiger partial charge on any atom is -0.504 e. The molecule has 0 spiro atoms. The van der Waals surface area contributed by atoms with E-state index in [2.05, 4.69) is 5.32 Å². The molecular weight excluding hydrogens is 446 g/mol. The number of hydrogen-bond donors (Lipinski definition) is 2. The van der Waals surface area contributed by atoms with Crippen molar-refractivity contribution in [3.8, 4) is 17.2 Å². The van der Waals surface area contributed by atoms with Crippen molar-refractivity contribution >= 4 is 29.2 Å². The van der Waals surface area contributed by atoms with E-state index in [0.717, 1.165) is 5.56 Å². The van der Waals surface area contributed by atoms with Gasteiger partial charge in [-0.3, -0.25) is 9.59 Å². The van der Waals surface area contributed by atoms with Gasteiger partial charge in [-0.1, -0.05) is 48.0 Å². The van der Waals surface area contributed by atoms with Crippen molar-refractivity contribution in [3.05, 3.63) is 82.9 Å². The Kier molecular flexibility index (Phi) is 8.16. The van der Waals surface area contributed by atoms with Crippen LogP contribution in [0.3, 0.4) is 0 Å². The number of aromatic hydroxyl groups is 1. The molecule has 1 atom stereocenters. The highest BCUT2D eigenvalue weighted by molar-refractivity contribution is 6.32. The van der Waals surface area contributed by atoms with E-state index in [-0.39, 0.29) is 12.2 Å². The van der Waals surface area contributed by atoms with E-state index in [9.17, 15) is 14.7 Å². The molecule has 1 unspecified atom stereocenters. The van der Waals surface area contributed by atoms with Crippen molar-refractivity contribution in [1.82, 2.24) is 0 Å². The summed E-state index contributed by atoms with van der Waals surface area (Å²) >= 11 is 6.14. The third kappa shape index (κ3) is 6.40. The van der Waals surface area contributed by atoms with Gasteiger partial charge in [0, 0.05) is 17.7 Å². The van der Waals surface area contributed by atoms with E-state index in [1.807, 2.05) is 0 Å². The standard InChI is InChI=1S/C25H24ClNO6/c1-31-21-12-10-18(15-19(21)26)27-25(30)24(17-6-4-3-5-7-17)33-23(29)13-9-16-8-11-22(32-2)20(28)14-16/h3-8,10-12,14-15,24,28H,9,13H2,1-2H3,(H,27,30). The SMILES string of the molecule is COc1ccc(CCC(=O)OC(C(=O)Nc2ccc(OC)c(Cl)c2)c2ccccc2)cc1O. The summed E-state index contributed by atoms with van der Waals surface area (Å²) < 4.78 is 15.7. The number of phenolic OH excluding ortho intramolecular Hbond substituents is 1. The molecule has 0 bridgehead atoms. The molecule has 3 aromatic rings. The van der Waals surface area contributed by atoms with Gasteiger partial charge in [-0.25, -0.2) is 0 Å². The number of ether oxygens (including phenoxy) is 3. The average Bonchev–Trinajstić information content (AvgIpc) is 2.82. The van der Waals surface area contributed by atoms with Crippen LogP contribution >= 0.6 is 11.6 Å². The number of benzene rings is 3. The Labute approximate surface area is 196 Å². The van der Waals surface area contributed by atoms with Gasteiger partial charge in [-0.2, -0.15) is 0 Å². The predicted octanol–water partition coefficient (Wildman–Crippen LogP) is 4.92. The van der Waals surface area contributed by atoms with Crippen LogP contribution in [0.1, 0.15) is 23.7 Å². The van der Waals surface area contributed by atoms with E-state index in [0.29, 0.717) is 34.2 Å². The fraction of sp³-hybridized carbons (Fsp3) is 0.200. The molecule has 3 aromatic carbocycles. The Hall–Kier alpha value is -3.71. The lowest BCUT2D eigenvalue weighted by molar-refractivity contribution is -0.154. The number of carbonyl (C=O) groups excluding carboxylic acids is 2. The molecule has 0 heterocycles. The maximum absolute atomic E-state index is 13.0. The van der Waals surface area contributed by atoms with Crippen LogP contribution in [0.15, 0.2) is 66.7 Å². The Balaban J connectivity index is 1.70. The monoisotopic (exact) mass is 469 g/mol. The number of phenols is 1. The minimum absolute atomic E-state index is 0.0111. The molecular formula is C25H24ClNO6. The minimum atomic E-state index is -1.15. The highest BCUT2D eigenvalue weighted by atomic mass is 35.5. The quantitative estimate of drug-likeness (QED) is 0.432. The summed E-state index contributed by atoms with van der Waals surface area (Å²) in [7, 11) is 2.96. The first kappa shape index (κ1) is 23.9. The second-order valence-corrected chi connectivity index (χ2v) is 7.53. The molecule has 172 valence electrons. The summed E-state index contributed by atoms with van der Waals surface area (Å²) in [5.74, 6) is -0.256. The second-order valence-electron chi connectivity index (χ2n) is 7.13. The largest absolute Gasteiger partial charge is 0.504 e. The third-order valence-corrected chi connectivity index (χ3v) is 5.17. The molecule has 0 aliphatic rings. The third-order valence-electron chi connectivity index (χ3n) is 4.87. The second kappa shape index (κ2) is 11.2. The van der Waals surface area contributed by atoms with Crippen molar-refractivity contribution in [2.45, 2.75) is 18.9 Å². The fourth-order valence-electron chi connectivity index (χ4n) is 3.18. The molecule has 0 radical (unpaired) electrons. The van der Waals surface area contributed by atoms with Crippen molar-refractivity contribution in [3.63, 3.8) is 0 Å². The normalized spacial score (nSPS) is 11.4. The molecule has 7 nitrogen and oxygen atoms in total. The molecule has 2 N–H and O–H groups in total. The van der Waals surface area contributed by atoms with E-state index in [1.54, 1.807) is 60.7 Å². The van der Waals surface area contributed by atoms with Gasteiger partial charge in [-0.05, 0) is 42.3 Å². The highest BCUT2D eigenvalue weighted by Crippen LogP contribution is 2.29. The van der Waals surface area contributed by atoms with Crippen LogP contribution in [0, 0.1) is 0 Å². The maximum Gasteiger partial charge on any atom is 0.307 e. The number of carbonyl (C=O) groups is 2. The summed E-state index contributed by atoms with van der Waals surface area (Å²) in [6.07, 6.45) is -0.798. The zero-order chi connectivity index (χ0) is 23.8. The number of esters is 1. The van der Waals surface area contributed by atoms with Gasteiger partial charge in [0.1, 0.15) is 5.75 Å². The van der Waals surface area contributed by atoms with E-state index >= 15 is 0 Å². The van der Waals surface area contributed by atoms with Crippen molar-refractivity contribution < 1.29 is 28.9 Å². The topological polar surface area (TPSA) is 94.1 Å². The first-order chi connectivity index (χ1) is 15.9. The smallest absolute Gasteiger partial charge is 0.307 e. The number of methoxy groups -OCH3 is 2.